The first-order chi connectivity index (χ1) is 9.18. The fraction of sp³-hybridized carbons (Fsp3) is 0.429. The van der Waals surface area contributed by atoms with Crippen molar-refractivity contribution in [1.82, 2.24) is 5.32 Å². The molecule has 0 saturated carbocycles. The lowest BCUT2D eigenvalue weighted by molar-refractivity contribution is -0.143. The van der Waals surface area contributed by atoms with Gasteiger partial charge >= 0.3 is 5.97 Å². The molecule has 0 radical (unpaired) electrons. The number of hydrogen-bond donors (Lipinski definition) is 2. The van der Waals surface area contributed by atoms with Gasteiger partial charge in [0.25, 0.3) is 0 Å². The minimum atomic E-state index is -1.06. The lowest BCUT2D eigenvalue weighted by Crippen LogP contribution is -2.40. The number of amides is 1. The Labute approximate surface area is 111 Å². The van der Waals surface area contributed by atoms with E-state index in [1.165, 1.54) is 0 Å². The van der Waals surface area contributed by atoms with Gasteiger partial charge in [0, 0.05) is 6.61 Å². The molecular formula is C14H17NO4. The van der Waals surface area contributed by atoms with Crippen LogP contribution in [-0.2, 0) is 14.3 Å². The predicted molar refractivity (Wildman–Crippen MR) is 68.5 cm³/mol. The Balaban J connectivity index is 2.04. The number of hydrogen-bond acceptors (Lipinski definition) is 3. The number of carbonyl (C=O) groups is 2. The predicted octanol–water partition coefficient (Wildman–Crippen LogP) is 1.36. The van der Waals surface area contributed by atoms with Gasteiger partial charge in [-0.05, 0) is 18.4 Å². The number of aliphatic carboxylic acids is 1. The van der Waals surface area contributed by atoms with E-state index in [-0.39, 0.29) is 11.8 Å². The fourth-order valence-electron chi connectivity index (χ4n) is 2.14. The van der Waals surface area contributed by atoms with Crippen LogP contribution in [0.1, 0.15) is 24.4 Å². The van der Waals surface area contributed by atoms with E-state index < -0.39 is 12.0 Å². The van der Waals surface area contributed by atoms with E-state index >= 15 is 0 Å². The van der Waals surface area contributed by atoms with Crippen LogP contribution >= 0.6 is 0 Å². The highest BCUT2D eigenvalue weighted by molar-refractivity contribution is 5.85. The summed E-state index contributed by atoms with van der Waals surface area (Å²) >= 11 is 0. The van der Waals surface area contributed by atoms with E-state index in [0.717, 1.165) is 12.8 Å². The van der Waals surface area contributed by atoms with Crippen molar-refractivity contribution in [2.45, 2.75) is 18.9 Å². The van der Waals surface area contributed by atoms with Crippen molar-refractivity contribution in [1.29, 1.82) is 0 Å². The summed E-state index contributed by atoms with van der Waals surface area (Å²) in [5.74, 6) is -1.56. The van der Waals surface area contributed by atoms with Crippen molar-refractivity contribution in [3.8, 4) is 0 Å². The standard InChI is InChI=1S/C14H17NO4/c16-13(11-7-4-8-19-9-11)15-12(14(17)18)10-5-2-1-3-6-10/h1-3,5-6,11-12H,4,7-9H2,(H,15,16)(H,17,18). The first kappa shape index (κ1) is 13.5. The van der Waals surface area contributed by atoms with Crippen LogP contribution in [0.15, 0.2) is 30.3 Å². The zero-order chi connectivity index (χ0) is 13.7. The number of carboxylic acids is 1. The van der Waals surface area contributed by atoms with Gasteiger partial charge in [0.2, 0.25) is 5.91 Å². The normalized spacial score (nSPS) is 20.5. The highest BCUT2D eigenvalue weighted by atomic mass is 16.5. The molecule has 2 atom stereocenters. The summed E-state index contributed by atoms with van der Waals surface area (Å²) in [7, 11) is 0. The molecule has 0 spiro atoms. The molecule has 1 saturated heterocycles. The van der Waals surface area contributed by atoms with E-state index in [1.54, 1.807) is 30.3 Å². The number of rotatable bonds is 4. The van der Waals surface area contributed by atoms with Crippen molar-refractivity contribution in [2.75, 3.05) is 13.2 Å². The van der Waals surface area contributed by atoms with Crippen molar-refractivity contribution in [3.05, 3.63) is 35.9 Å². The van der Waals surface area contributed by atoms with Gasteiger partial charge in [0.15, 0.2) is 6.04 Å². The smallest absolute Gasteiger partial charge is 0.330 e. The third-order valence-electron chi connectivity index (χ3n) is 3.20. The molecule has 102 valence electrons. The minimum absolute atomic E-state index is 0.251. The first-order valence-electron chi connectivity index (χ1n) is 6.34. The number of nitrogens with one attached hydrogen (secondary N) is 1. The zero-order valence-electron chi connectivity index (χ0n) is 10.5. The molecule has 0 aliphatic carbocycles. The molecule has 1 aliphatic rings. The number of benzene rings is 1. The Bertz CT molecular complexity index is 440. The van der Waals surface area contributed by atoms with Crippen LogP contribution in [0, 0.1) is 5.92 Å². The van der Waals surface area contributed by atoms with Gasteiger partial charge in [0.05, 0.1) is 12.5 Å². The van der Waals surface area contributed by atoms with E-state index in [4.69, 9.17) is 4.74 Å². The summed E-state index contributed by atoms with van der Waals surface area (Å²) < 4.78 is 5.24. The summed E-state index contributed by atoms with van der Waals surface area (Å²) in [4.78, 5) is 23.3. The van der Waals surface area contributed by atoms with Crippen molar-refractivity contribution in [2.24, 2.45) is 5.92 Å². The molecule has 1 aromatic carbocycles. The van der Waals surface area contributed by atoms with Gasteiger partial charge in [0.1, 0.15) is 0 Å². The van der Waals surface area contributed by atoms with E-state index in [1.807, 2.05) is 0 Å². The van der Waals surface area contributed by atoms with Gasteiger partial charge in [-0.1, -0.05) is 30.3 Å². The first-order valence-corrected chi connectivity index (χ1v) is 6.34. The number of carboxylic acid groups (broad SMARTS) is 1. The third kappa shape index (κ3) is 3.54. The van der Waals surface area contributed by atoms with E-state index in [0.29, 0.717) is 18.8 Å². The summed E-state index contributed by atoms with van der Waals surface area (Å²) in [5.41, 5.74) is 0.570. The number of ether oxygens (including phenoxy) is 1. The van der Waals surface area contributed by atoms with Gasteiger partial charge in [-0.15, -0.1) is 0 Å². The van der Waals surface area contributed by atoms with Crippen LogP contribution in [0.4, 0.5) is 0 Å². The van der Waals surface area contributed by atoms with Crippen LogP contribution in [0.2, 0.25) is 0 Å². The second kappa shape index (κ2) is 6.33. The second-order valence-corrected chi connectivity index (χ2v) is 4.60. The molecule has 5 nitrogen and oxygen atoms in total. The third-order valence-corrected chi connectivity index (χ3v) is 3.20. The molecule has 1 fully saturated rings. The molecule has 1 amide bonds. The summed E-state index contributed by atoms with van der Waals surface area (Å²) in [5, 5.41) is 11.8. The van der Waals surface area contributed by atoms with Crippen molar-refractivity contribution in [3.63, 3.8) is 0 Å². The van der Waals surface area contributed by atoms with Gasteiger partial charge in [-0.2, -0.15) is 0 Å². The molecule has 19 heavy (non-hydrogen) atoms. The van der Waals surface area contributed by atoms with Crippen LogP contribution < -0.4 is 5.32 Å². The molecule has 1 aromatic rings. The zero-order valence-corrected chi connectivity index (χ0v) is 10.5. The maximum absolute atomic E-state index is 12.0. The highest BCUT2D eigenvalue weighted by Gasteiger charge is 2.27. The molecule has 0 bridgehead atoms. The monoisotopic (exact) mass is 263 g/mol. The minimum Gasteiger partial charge on any atom is -0.479 e. The maximum Gasteiger partial charge on any atom is 0.330 e. The molecule has 1 aliphatic heterocycles. The lowest BCUT2D eigenvalue weighted by Gasteiger charge is -2.23. The number of carbonyl (C=O) groups excluding carboxylic acids is 1. The van der Waals surface area contributed by atoms with E-state index in [2.05, 4.69) is 5.32 Å². The van der Waals surface area contributed by atoms with Gasteiger partial charge < -0.3 is 15.2 Å². The Kier molecular flexibility index (Phi) is 4.52. The molecule has 5 heteroatoms. The Morgan fingerprint density at radius 1 is 1.32 bits per heavy atom. The van der Waals surface area contributed by atoms with Gasteiger partial charge in [-0.3, -0.25) is 4.79 Å². The molecule has 2 rings (SSSR count). The van der Waals surface area contributed by atoms with Crippen molar-refractivity contribution < 1.29 is 19.4 Å². The molecule has 1 heterocycles. The summed E-state index contributed by atoms with van der Waals surface area (Å²) in [6, 6.07) is 7.68. The Hall–Kier alpha value is -1.88. The Morgan fingerprint density at radius 3 is 2.63 bits per heavy atom. The molecule has 2 N–H and O–H groups in total. The summed E-state index contributed by atoms with van der Waals surface area (Å²) in [6.07, 6.45) is 1.58. The molecule has 0 aromatic heterocycles. The SMILES string of the molecule is O=C(NC(C(=O)O)c1ccccc1)C1CCCOC1. The van der Waals surface area contributed by atoms with Crippen molar-refractivity contribution >= 4 is 11.9 Å². The molecule has 2 unspecified atom stereocenters. The van der Waals surface area contributed by atoms with Gasteiger partial charge in [-0.25, -0.2) is 4.79 Å². The quantitative estimate of drug-likeness (QED) is 0.860. The van der Waals surface area contributed by atoms with Crippen LogP contribution in [-0.4, -0.2) is 30.2 Å². The fourth-order valence-corrected chi connectivity index (χ4v) is 2.14. The van der Waals surface area contributed by atoms with Crippen LogP contribution in [0.3, 0.4) is 0 Å². The average Bonchev–Trinajstić information content (AvgIpc) is 2.46. The maximum atomic E-state index is 12.0. The van der Waals surface area contributed by atoms with E-state index in [9.17, 15) is 14.7 Å². The second-order valence-electron chi connectivity index (χ2n) is 4.60. The topological polar surface area (TPSA) is 75.6 Å². The largest absolute Gasteiger partial charge is 0.479 e. The molecular weight excluding hydrogens is 246 g/mol. The van der Waals surface area contributed by atoms with Crippen LogP contribution in [0.25, 0.3) is 0 Å². The average molecular weight is 263 g/mol. The van der Waals surface area contributed by atoms with Crippen LogP contribution in [0.5, 0.6) is 0 Å². The highest BCUT2D eigenvalue weighted by Crippen LogP contribution is 2.17. The lowest BCUT2D eigenvalue weighted by atomic mass is 10.00. The summed E-state index contributed by atoms with van der Waals surface area (Å²) in [6.45, 7) is 1.04. The Morgan fingerprint density at radius 2 is 2.05 bits per heavy atom.